The molecule has 1 saturated carbocycles. The lowest BCUT2D eigenvalue weighted by Gasteiger charge is -2.32. The second-order valence-electron chi connectivity index (χ2n) is 4.64. The fourth-order valence-electron chi connectivity index (χ4n) is 2.62. The smallest absolute Gasteiger partial charge is 0.0951 e. The molecule has 16 heavy (non-hydrogen) atoms. The van der Waals surface area contributed by atoms with E-state index in [0.29, 0.717) is 6.04 Å². The van der Waals surface area contributed by atoms with Crippen molar-refractivity contribution in [2.24, 2.45) is 5.73 Å². The van der Waals surface area contributed by atoms with Crippen molar-refractivity contribution in [3.05, 3.63) is 18.2 Å². The molecule has 0 radical (unpaired) electrons. The second-order valence-corrected chi connectivity index (χ2v) is 5.72. The minimum atomic E-state index is 0.0759. The van der Waals surface area contributed by atoms with E-state index in [-0.39, 0.29) is 6.04 Å². The zero-order chi connectivity index (χ0) is 11.5. The van der Waals surface area contributed by atoms with Crippen LogP contribution in [0.5, 0.6) is 0 Å². The predicted octanol–water partition coefficient (Wildman–Crippen LogP) is 2.75. The summed E-state index contributed by atoms with van der Waals surface area (Å²) >= 11 is 1.98. The number of thioether (sulfide) groups is 1. The number of rotatable bonds is 3. The molecule has 0 bridgehead atoms. The van der Waals surface area contributed by atoms with E-state index in [9.17, 15) is 0 Å². The summed E-state index contributed by atoms with van der Waals surface area (Å²) in [5.74, 6) is 0. The zero-order valence-electron chi connectivity index (χ0n) is 10.1. The maximum Gasteiger partial charge on any atom is 0.0951 e. The lowest BCUT2D eigenvalue weighted by atomic mass is 9.94. The number of hydrogen-bond donors (Lipinski definition) is 1. The number of hydrogen-bond acceptors (Lipinski definition) is 3. The van der Waals surface area contributed by atoms with E-state index < -0.39 is 0 Å². The Kier molecular flexibility index (Phi) is 3.92. The summed E-state index contributed by atoms with van der Waals surface area (Å²) in [7, 11) is 0. The first kappa shape index (κ1) is 12.0. The van der Waals surface area contributed by atoms with Gasteiger partial charge in [0.05, 0.1) is 12.0 Å². The van der Waals surface area contributed by atoms with Crippen molar-refractivity contribution in [1.82, 2.24) is 9.55 Å². The van der Waals surface area contributed by atoms with E-state index >= 15 is 0 Å². The molecule has 2 unspecified atom stereocenters. The molecular formula is C12H21N3S. The first-order valence-electron chi connectivity index (χ1n) is 6.04. The highest BCUT2D eigenvalue weighted by atomic mass is 32.2. The molecule has 0 saturated heterocycles. The molecule has 4 heteroatoms. The largest absolute Gasteiger partial charge is 0.329 e. The van der Waals surface area contributed by atoms with E-state index in [4.69, 9.17) is 5.73 Å². The first-order valence-corrected chi connectivity index (χ1v) is 7.33. The summed E-state index contributed by atoms with van der Waals surface area (Å²) in [5, 5.41) is 0.723. The van der Waals surface area contributed by atoms with Crippen molar-refractivity contribution in [3.63, 3.8) is 0 Å². The monoisotopic (exact) mass is 239 g/mol. The van der Waals surface area contributed by atoms with Crippen molar-refractivity contribution in [2.45, 2.75) is 49.9 Å². The zero-order valence-corrected chi connectivity index (χ0v) is 10.9. The van der Waals surface area contributed by atoms with Gasteiger partial charge < -0.3 is 10.3 Å². The van der Waals surface area contributed by atoms with E-state index in [1.807, 2.05) is 31.2 Å². The van der Waals surface area contributed by atoms with Gasteiger partial charge in [0.1, 0.15) is 0 Å². The Morgan fingerprint density at radius 3 is 2.94 bits per heavy atom. The van der Waals surface area contributed by atoms with Crippen LogP contribution >= 0.6 is 11.8 Å². The van der Waals surface area contributed by atoms with Gasteiger partial charge in [0.15, 0.2) is 0 Å². The lowest BCUT2D eigenvalue weighted by Crippen LogP contribution is -2.27. The molecule has 1 aliphatic rings. The van der Waals surface area contributed by atoms with Crippen LogP contribution in [0.3, 0.4) is 0 Å². The van der Waals surface area contributed by atoms with Gasteiger partial charge in [-0.05, 0) is 26.0 Å². The van der Waals surface area contributed by atoms with Crippen LogP contribution < -0.4 is 5.73 Å². The van der Waals surface area contributed by atoms with Crippen LogP contribution in [0, 0.1) is 0 Å². The minimum Gasteiger partial charge on any atom is -0.329 e. The molecule has 1 aromatic rings. The van der Waals surface area contributed by atoms with Gasteiger partial charge in [-0.3, -0.25) is 0 Å². The van der Waals surface area contributed by atoms with Crippen LogP contribution in [0.1, 0.15) is 50.4 Å². The molecule has 1 aromatic heterocycles. The molecule has 2 rings (SSSR count). The van der Waals surface area contributed by atoms with Gasteiger partial charge in [-0.25, -0.2) is 4.98 Å². The highest BCUT2D eigenvalue weighted by molar-refractivity contribution is 7.99. The van der Waals surface area contributed by atoms with Gasteiger partial charge in [0.2, 0.25) is 0 Å². The average molecular weight is 239 g/mol. The maximum absolute atomic E-state index is 5.98. The number of aromatic nitrogens is 2. The molecule has 0 aromatic carbocycles. The Morgan fingerprint density at radius 2 is 2.25 bits per heavy atom. The number of nitrogens with zero attached hydrogens (tertiary/aromatic N) is 2. The van der Waals surface area contributed by atoms with Crippen LogP contribution in [0.4, 0.5) is 0 Å². The van der Waals surface area contributed by atoms with Gasteiger partial charge in [-0.2, -0.15) is 11.8 Å². The molecule has 3 atom stereocenters. The molecule has 90 valence electrons. The molecule has 0 spiro atoms. The summed E-state index contributed by atoms with van der Waals surface area (Å²) < 4.78 is 2.31. The predicted molar refractivity (Wildman–Crippen MR) is 69.6 cm³/mol. The lowest BCUT2D eigenvalue weighted by molar-refractivity contribution is 0.354. The van der Waals surface area contributed by atoms with Crippen LogP contribution in [-0.4, -0.2) is 21.1 Å². The van der Waals surface area contributed by atoms with Crippen LogP contribution in [0.2, 0.25) is 0 Å². The van der Waals surface area contributed by atoms with Gasteiger partial charge in [-0.15, -0.1) is 0 Å². The molecule has 0 aliphatic heterocycles. The van der Waals surface area contributed by atoms with E-state index in [0.717, 1.165) is 5.25 Å². The Morgan fingerprint density at radius 1 is 1.50 bits per heavy atom. The van der Waals surface area contributed by atoms with Crippen molar-refractivity contribution < 1.29 is 0 Å². The summed E-state index contributed by atoms with van der Waals surface area (Å²) in [6.45, 7) is 2.03. The molecule has 1 aliphatic carbocycles. The molecule has 1 heterocycles. The average Bonchev–Trinajstić information content (AvgIpc) is 2.77. The van der Waals surface area contributed by atoms with E-state index in [1.165, 1.54) is 31.4 Å². The standard InChI is InChI=1S/C12H21N3S/c1-9(13)11-7-14-8-15(11)10-5-3-4-6-12(10)16-2/h7-10,12H,3-6,13H2,1-2H3/t9-,10?,12?/m0/s1. The molecule has 3 nitrogen and oxygen atoms in total. The van der Waals surface area contributed by atoms with E-state index in [1.54, 1.807) is 0 Å². The second kappa shape index (κ2) is 5.23. The van der Waals surface area contributed by atoms with Crippen molar-refractivity contribution >= 4 is 11.8 Å². The third-order valence-corrected chi connectivity index (χ3v) is 4.65. The Bertz CT molecular complexity index is 335. The fourth-order valence-corrected chi connectivity index (χ4v) is 3.60. The summed E-state index contributed by atoms with van der Waals surface area (Å²) in [4.78, 5) is 4.26. The molecule has 0 amide bonds. The van der Waals surface area contributed by atoms with Crippen LogP contribution in [0.15, 0.2) is 12.5 Å². The molecular weight excluding hydrogens is 218 g/mol. The highest BCUT2D eigenvalue weighted by Gasteiger charge is 2.27. The van der Waals surface area contributed by atoms with E-state index in [2.05, 4.69) is 15.8 Å². The fraction of sp³-hybridized carbons (Fsp3) is 0.750. The quantitative estimate of drug-likeness (QED) is 0.882. The van der Waals surface area contributed by atoms with Crippen molar-refractivity contribution in [3.8, 4) is 0 Å². The highest BCUT2D eigenvalue weighted by Crippen LogP contribution is 2.36. The SMILES string of the molecule is CSC1CCCCC1n1cncc1[C@H](C)N. The van der Waals surface area contributed by atoms with Crippen LogP contribution in [0.25, 0.3) is 0 Å². The van der Waals surface area contributed by atoms with Crippen LogP contribution in [-0.2, 0) is 0 Å². The minimum absolute atomic E-state index is 0.0759. The summed E-state index contributed by atoms with van der Waals surface area (Å²) in [5.41, 5.74) is 7.16. The van der Waals surface area contributed by atoms with Crippen molar-refractivity contribution in [2.75, 3.05) is 6.26 Å². The summed E-state index contributed by atoms with van der Waals surface area (Å²) in [6.07, 6.45) is 11.4. The Hall–Kier alpha value is -0.480. The Balaban J connectivity index is 2.23. The van der Waals surface area contributed by atoms with Gasteiger partial charge >= 0.3 is 0 Å². The third kappa shape index (κ3) is 2.28. The maximum atomic E-state index is 5.98. The number of imidazole rings is 1. The van der Waals surface area contributed by atoms with Crippen molar-refractivity contribution in [1.29, 1.82) is 0 Å². The molecule has 2 N–H and O–H groups in total. The van der Waals surface area contributed by atoms with Gasteiger partial charge in [-0.1, -0.05) is 12.8 Å². The topological polar surface area (TPSA) is 43.8 Å². The molecule has 1 fully saturated rings. The summed E-state index contributed by atoms with van der Waals surface area (Å²) in [6, 6.07) is 0.666. The normalized spacial score (nSPS) is 27.9. The third-order valence-electron chi connectivity index (χ3n) is 3.49. The number of nitrogens with two attached hydrogens (primary N) is 1. The first-order chi connectivity index (χ1) is 7.74. The Labute approximate surface area is 102 Å². The van der Waals surface area contributed by atoms with Gasteiger partial charge in [0, 0.05) is 23.5 Å². The van der Waals surface area contributed by atoms with Gasteiger partial charge in [0.25, 0.3) is 0 Å².